The molecule has 1 aliphatic heterocycles. The topological polar surface area (TPSA) is 71.2 Å². The van der Waals surface area contributed by atoms with E-state index < -0.39 is 0 Å². The predicted molar refractivity (Wildman–Crippen MR) is 83.1 cm³/mol. The van der Waals surface area contributed by atoms with Crippen molar-refractivity contribution in [3.63, 3.8) is 0 Å². The van der Waals surface area contributed by atoms with Crippen molar-refractivity contribution in [3.05, 3.63) is 47.8 Å². The second-order valence-corrected chi connectivity index (χ2v) is 5.38. The molecule has 0 bridgehead atoms. The number of benzene rings is 1. The van der Waals surface area contributed by atoms with Gasteiger partial charge in [0.2, 0.25) is 5.91 Å². The van der Waals surface area contributed by atoms with E-state index in [1.807, 2.05) is 37.4 Å². The van der Waals surface area contributed by atoms with E-state index in [1.165, 1.54) is 0 Å². The van der Waals surface area contributed by atoms with Gasteiger partial charge in [0.05, 0.1) is 5.69 Å². The molecular formula is C17H18N2O3. The highest BCUT2D eigenvalue weighted by Gasteiger charge is 2.27. The summed E-state index contributed by atoms with van der Waals surface area (Å²) >= 11 is 0. The van der Waals surface area contributed by atoms with Gasteiger partial charge in [0.25, 0.3) is 0 Å². The molecule has 1 aromatic heterocycles. The Kier molecular flexibility index (Phi) is 3.96. The molecule has 3 rings (SSSR count). The molecule has 1 aromatic carbocycles. The SMILES string of the molecule is CCC(=O)COc1ccc(C2CC(=O)Nc3c[nH]cc32)cc1. The molecule has 5 heteroatoms. The Morgan fingerprint density at radius 2 is 2.05 bits per heavy atom. The number of H-pyrrole nitrogens is 1. The molecule has 0 saturated heterocycles. The van der Waals surface area contributed by atoms with E-state index in [-0.39, 0.29) is 24.2 Å². The number of rotatable bonds is 5. The number of Topliss-reactive ketones (excluding diaryl/α,β-unsaturated/α-hetero) is 1. The lowest BCUT2D eigenvalue weighted by Crippen LogP contribution is -2.22. The van der Waals surface area contributed by atoms with Gasteiger partial charge in [-0.25, -0.2) is 0 Å². The van der Waals surface area contributed by atoms with Crippen LogP contribution in [0.4, 0.5) is 5.69 Å². The first-order valence-corrected chi connectivity index (χ1v) is 7.38. The van der Waals surface area contributed by atoms with Crippen molar-refractivity contribution < 1.29 is 14.3 Å². The van der Waals surface area contributed by atoms with Crippen LogP contribution < -0.4 is 10.1 Å². The van der Waals surface area contributed by atoms with Crippen LogP contribution in [0.2, 0.25) is 0 Å². The number of ketones is 1. The van der Waals surface area contributed by atoms with Gasteiger partial charge < -0.3 is 15.0 Å². The number of amides is 1. The average molecular weight is 298 g/mol. The third kappa shape index (κ3) is 2.88. The number of carbonyl (C=O) groups excluding carboxylic acids is 2. The largest absolute Gasteiger partial charge is 0.486 e. The quantitative estimate of drug-likeness (QED) is 0.891. The third-order valence-corrected chi connectivity index (χ3v) is 3.89. The number of anilines is 1. The monoisotopic (exact) mass is 298 g/mol. The standard InChI is InChI=1S/C17H18N2O3/c1-2-12(20)10-22-13-5-3-11(4-6-13)14-7-17(21)19-16-9-18-8-15(14)16/h3-6,8-9,14,18H,2,7,10H2,1H3,(H,19,21). The lowest BCUT2D eigenvalue weighted by Gasteiger charge is -2.23. The van der Waals surface area contributed by atoms with Gasteiger partial charge in [0.1, 0.15) is 12.4 Å². The number of hydrogen-bond donors (Lipinski definition) is 2. The number of nitrogens with one attached hydrogen (secondary N) is 2. The van der Waals surface area contributed by atoms with Crippen LogP contribution in [-0.2, 0) is 9.59 Å². The smallest absolute Gasteiger partial charge is 0.225 e. The van der Waals surface area contributed by atoms with Gasteiger partial charge in [-0.1, -0.05) is 19.1 Å². The van der Waals surface area contributed by atoms with E-state index in [9.17, 15) is 9.59 Å². The fraction of sp³-hybridized carbons (Fsp3) is 0.294. The van der Waals surface area contributed by atoms with Gasteiger partial charge in [-0.05, 0) is 17.7 Å². The number of aromatic nitrogens is 1. The van der Waals surface area contributed by atoms with Crippen molar-refractivity contribution in [1.82, 2.24) is 4.98 Å². The lowest BCUT2D eigenvalue weighted by atomic mass is 9.87. The summed E-state index contributed by atoms with van der Waals surface area (Å²) in [7, 11) is 0. The number of aromatic amines is 1. The second kappa shape index (κ2) is 6.05. The van der Waals surface area contributed by atoms with Crippen LogP contribution in [0.25, 0.3) is 0 Å². The molecule has 0 aliphatic carbocycles. The first-order chi connectivity index (χ1) is 10.7. The minimum absolute atomic E-state index is 0.0194. The fourth-order valence-electron chi connectivity index (χ4n) is 2.63. The van der Waals surface area contributed by atoms with Crippen molar-refractivity contribution in [2.24, 2.45) is 0 Å². The van der Waals surface area contributed by atoms with Crippen LogP contribution in [0.15, 0.2) is 36.7 Å². The number of ether oxygens (including phenoxy) is 1. The molecule has 2 heterocycles. The molecule has 0 spiro atoms. The maximum atomic E-state index is 11.8. The highest BCUT2D eigenvalue weighted by molar-refractivity contribution is 5.95. The summed E-state index contributed by atoms with van der Waals surface area (Å²) in [6.07, 6.45) is 4.63. The first kappa shape index (κ1) is 14.4. The van der Waals surface area contributed by atoms with Crippen molar-refractivity contribution in [2.75, 3.05) is 11.9 Å². The molecule has 1 atom stereocenters. The van der Waals surface area contributed by atoms with E-state index >= 15 is 0 Å². The van der Waals surface area contributed by atoms with Gasteiger partial charge in [-0.2, -0.15) is 0 Å². The molecule has 0 fully saturated rings. The van der Waals surface area contributed by atoms with Crippen LogP contribution in [-0.4, -0.2) is 23.3 Å². The lowest BCUT2D eigenvalue weighted by molar-refractivity contribution is -0.120. The average Bonchev–Trinajstić information content (AvgIpc) is 3.00. The second-order valence-electron chi connectivity index (χ2n) is 5.38. The maximum Gasteiger partial charge on any atom is 0.225 e. The van der Waals surface area contributed by atoms with E-state index in [0.717, 1.165) is 16.8 Å². The van der Waals surface area contributed by atoms with Gasteiger partial charge >= 0.3 is 0 Å². The molecule has 22 heavy (non-hydrogen) atoms. The van der Waals surface area contributed by atoms with E-state index in [0.29, 0.717) is 18.6 Å². The van der Waals surface area contributed by atoms with E-state index in [4.69, 9.17) is 4.74 Å². The molecule has 0 saturated carbocycles. The Morgan fingerprint density at radius 3 is 2.77 bits per heavy atom. The Morgan fingerprint density at radius 1 is 1.27 bits per heavy atom. The number of hydrogen-bond acceptors (Lipinski definition) is 3. The van der Waals surface area contributed by atoms with Gasteiger partial charge in [0, 0.05) is 36.7 Å². The molecule has 1 aliphatic rings. The zero-order valence-corrected chi connectivity index (χ0v) is 12.4. The van der Waals surface area contributed by atoms with E-state index in [1.54, 1.807) is 6.20 Å². The van der Waals surface area contributed by atoms with Crippen molar-refractivity contribution in [2.45, 2.75) is 25.7 Å². The first-order valence-electron chi connectivity index (χ1n) is 7.38. The predicted octanol–water partition coefficient (Wildman–Crippen LogP) is 2.85. The Balaban J connectivity index is 1.76. The summed E-state index contributed by atoms with van der Waals surface area (Å²) in [5.41, 5.74) is 2.99. The summed E-state index contributed by atoms with van der Waals surface area (Å²) in [6.45, 7) is 1.92. The van der Waals surface area contributed by atoms with Gasteiger partial charge in [-0.15, -0.1) is 0 Å². The van der Waals surface area contributed by atoms with Crippen LogP contribution in [0.5, 0.6) is 5.75 Å². The molecule has 1 unspecified atom stereocenters. The van der Waals surface area contributed by atoms with Gasteiger partial charge in [-0.3, -0.25) is 9.59 Å². The fourth-order valence-corrected chi connectivity index (χ4v) is 2.63. The molecule has 2 N–H and O–H groups in total. The minimum atomic E-state index is 0.0194. The summed E-state index contributed by atoms with van der Waals surface area (Å²) in [5, 5.41) is 2.86. The molecule has 1 amide bonds. The summed E-state index contributed by atoms with van der Waals surface area (Å²) in [4.78, 5) is 26.1. The highest BCUT2D eigenvalue weighted by Crippen LogP contribution is 2.37. The number of carbonyl (C=O) groups is 2. The van der Waals surface area contributed by atoms with Crippen LogP contribution in [0, 0.1) is 0 Å². The molecule has 5 nitrogen and oxygen atoms in total. The van der Waals surface area contributed by atoms with Crippen molar-refractivity contribution in [1.29, 1.82) is 0 Å². The molecular weight excluding hydrogens is 280 g/mol. The summed E-state index contributed by atoms with van der Waals surface area (Å²) in [5.74, 6) is 0.803. The van der Waals surface area contributed by atoms with Crippen molar-refractivity contribution >= 4 is 17.4 Å². The molecule has 2 aromatic rings. The Bertz CT molecular complexity index is 688. The summed E-state index contributed by atoms with van der Waals surface area (Å²) < 4.78 is 5.44. The Labute approximate surface area is 128 Å². The third-order valence-electron chi connectivity index (χ3n) is 3.89. The normalized spacial score (nSPS) is 16.8. The summed E-state index contributed by atoms with van der Waals surface area (Å²) in [6, 6.07) is 7.59. The highest BCUT2D eigenvalue weighted by atomic mass is 16.5. The van der Waals surface area contributed by atoms with Gasteiger partial charge in [0.15, 0.2) is 5.78 Å². The molecule has 114 valence electrons. The Hall–Kier alpha value is -2.56. The van der Waals surface area contributed by atoms with Crippen LogP contribution >= 0.6 is 0 Å². The number of fused-ring (bicyclic) bond motifs is 1. The van der Waals surface area contributed by atoms with Crippen LogP contribution in [0.3, 0.4) is 0 Å². The molecule has 0 radical (unpaired) electrons. The van der Waals surface area contributed by atoms with E-state index in [2.05, 4.69) is 10.3 Å². The van der Waals surface area contributed by atoms with Crippen LogP contribution in [0.1, 0.15) is 36.8 Å². The zero-order valence-electron chi connectivity index (χ0n) is 12.4. The van der Waals surface area contributed by atoms with Crippen molar-refractivity contribution in [3.8, 4) is 5.75 Å². The zero-order chi connectivity index (χ0) is 15.5. The minimum Gasteiger partial charge on any atom is -0.486 e. The maximum absolute atomic E-state index is 11.8.